The third-order valence-corrected chi connectivity index (χ3v) is 6.99. The molecule has 13 heteroatoms. The standard InChI is InChI=1S/C23H27N7O5S/c31-21(27-15-18(22(32)33)29-36(34,35)16-7-2-1-3-8-16)20-17-9-4-5-10-19(17)30(28-20)14-6-11-24-23-25-12-13-26-23/h1-5,7-10,18,29H,6,11-15H2,(H,27,31)(H,32,33)(H2,24,25,26)/t18-/m0/s1. The second-order valence-corrected chi connectivity index (χ2v) is 9.78. The molecule has 0 unspecified atom stereocenters. The van der Waals surface area contributed by atoms with Gasteiger partial charge >= 0.3 is 5.97 Å². The average molecular weight is 514 g/mol. The van der Waals surface area contributed by atoms with E-state index in [1.165, 1.54) is 24.3 Å². The number of nitrogens with one attached hydrogen (secondary N) is 4. The van der Waals surface area contributed by atoms with Gasteiger partial charge in [0.05, 0.1) is 17.0 Å². The van der Waals surface area contributed by atoms with Gasteiger partial charge in [-0.15, -0.1) is 0 Å². The quantitative estimate of drug-likeness (QED) is 0.226. The van der Waals surface area contributed by atoms with Crippen molar-refractivity contribution < 1.29 is 23.1 Å². The van der Waals surface area contributed by atoms with Crippen molar-refractivity contribution in [3.8, 4) is 0 Å². The van der Waals surface area contributed by atoms with Crippen LogP contribution in [0.3, 0.4) is 0 Å². The number of aliphatic carboxylic acids is 1. The van der Waals surface area contributed by atoms with E-state index in [0.29, 0.717) is 18.5 Å². The van der Waals surface area contributed by atoms with Crippen molar-refractivity contribution in [2.75, 3.05) is 26.2 Å². The third-order valence-electron chi connectivity index (χ3n) is 5.50. The summed E-state index contributed by atoms with van der Waals surface area (Å²) in [6.45, 7) is 2.33. The lowest BCUT2D eigenvalue weighted by Gasteiger charge is -2.15. The molecule has 190 valence electrons. The molecule has 1 aliphatic rings. The van der Waals surface area contributed by atoms with E-state index in [0.717, 1.165) is 31.0 Å². The van der Waals surface area contributed by atoms with Crippen molar-refractivity contribution in [2.24, 2.45) is 4.99 Å². The van der Waals surface area contributed by atoms with Crippen LogP contribution in [0.2, 0.25) is 0 Å². The molecule has 1 aromatic heterocycles. The van der Waals surface area contributed by atoms with Gasteiger partial charge in [-0.25, -0.2) is 8.42 Å². The van der Waals surface area contributed by atoms with Crippen LogP contribution in [0, 0.1) is 0 Å². The van der Waals surface area contributed by atoms with E-state index in [4.69, 9.17) is 0 Å². The SMILES string of the molecule is O=C(NC[C@H](NS(=O)(=O)c1ccccc1)C(=O)O)c1nn(CCCNC2=NCCN2)c2ccccc12. The Labute approximate surface area is 207 Å². The first kappa shape index (κ1) is 25.1. The fourth-order valence-corrected chi connectivity index (χ4v) is 4.94. The topological polar surface area (TPSA) is 167 Å². The first-order chi connectivity index (χ1) is 17.3. The van der Waals surface area contributed by atoms with Gasteiger partial charge in [-0.3, -0.25) is 19.3 Å². The number of carbonyl (C=O) groups excluding carboxylic acids is 1. The molecule has 3 aromatic rings. The molecule has 0 saturated heterocycles. The van der Waals surface area contributed by atoms with Crippen LogP contribution in [0.1, 0.15) is 16.9 Å². The molecule has 0 saturated carbocycles. The minimum atomic E-state index is -4.09. The number of aryl methyl sites for hydroxylation is 1. The fourth-order valence-electron chi connectivity index (χ4n) is 3.73. The van der Waals surface area contributed by atoms with Crippen molar-refractivity contribution in [1.82, 2.24) is 30.5 Å². The smallest absolute Gasteiger partial charge is 0.323 e. The summed E-state index contributed by atoms with van der Waals surface area (Å²) in [6.07, 6.45) is 0.732. The normalized spacial score (nSPS) is 14.2. The minimum Gasteiger partial charge on any atom is -0.480 e. The summed E-state index contributed by atoms with van der Waals surface area (Å²) in [4.78, 5) is 28.9. The van der Waals surface area contributed by atoms with Crippen molar-refractivity contribution in [3.05, 3.63) is 60.3 Å². The summed E-state index contributed by atoms with van der Waals surface area (Å²) in [5.41, 5.74) is 0.897. The van der Waals surface area contributed by atoms with Crippen LogP contribution in [-0.2, 0) is 21.4 Å². The zero-order valence-corrected chi connectivity index (χ0v) is 20.2. The zero-order valence-electron chi connectivity index (χ0n) is 19.3. The monoisotopic (exact) mass is 513 g/mol. The van der Waals surface area contributed by atoms with E-state index < -0.39 is 34.5 Å². The third kappa shape index (κ3) is 5.98. The average Bonchev–Trinajstić information content (AvgIpc) is 3.53. The van der Waals surface area contributed by atoms with Crippen LogP contribution in [0.15, 0.2) is 64.5 Å². The molecule has 0 spiro atoms. The van der Waals surface area contributed by atoms with E-state index in [1.807, 2.05) is 12.1 Å². The fraction of sp³-hybridized carbons (Fsp3) is 0.304. The maximum absolute atomic E-state index is 12.9. The minimum absolute atomic E-state index is 0.0717. The number of carboxylic acid groups (broad SMARTS) is 1. The Hall–Kier alpha value is -3.97. The summed E-state index contributed by atoms with van der Waals surface area (Å²) < 4.78 is 28.9. The van der Waals surface area contributed by atoms with Crippen molar-refractivity contribution in [1.29, 1.82) is 0 Å². The molecule has 2 heterocycles. The number of hydrogen-bond donors (Lipinski definition) is 5. The lowest BCUT2D eigenvalue weighted by atomic mass is 10.2. The van der Waals surface area contributed by atoms with Crippen LogP contribution in [0.5, 0.6) is 0 Å². The lowest BCUT2D eigenvalue weighted by molar-refractivity contribution is -0.138. The van der Waals surface area contributed by atoms with E-state index in [2.05, 4.69) is 30.8 Å². The van der Waals surface area contributed by atoms with Crippen LogP contribution in [0.25, 0.3) is 10.9 Å². The van der Waals surface area contributed by atoms with E-state index >= 15 is 0 Å². The number of carbonyl (C=O) groups is 2. The largest absolute Gasteiger partial charge is 0.480 e. The molecule has 36 heavy (non-hydrogen) atoms. The van der Waals surface area contributed by atoms with Gasteiger partial charge < -0.3 is 21.1 Å². The van der Waals surface area contributed by atoms with Gasteiger partial charge in [0.2, 0.25) is 10.0 Å². The molecule has 0 aliphatic carbocycles. The van der Waals surface area contributed by atoms with Gasteiger partial charge in [-0.05, 0) is 24.6 Å². The molecule has 4 rings (SSSR count). The number of fused-ring (bicyclic) bond motifs is 1. The van der Waals surface area contributed by atoms with Crippen LogP contribution in [-0.4, -0.2) is 73.4 Å². The predicted octanol–water partition coefficient (Wildman–Crippen LogP) is 0.137. The number of hydrogen-bond acceptors (Lipinski definition) is 8. The zero-order chi connectivity index (χ0) is 25.5. The molecular formula is C23H27N7O5S. The van der Waals surface area contributed by atoms with Gasteiger partial charge in [-0.1, -0.05) is 36.4 Å². The van der Waals surface area contributed by atoms with Gasteiger partial charge in [0.25, 0.3) is 5.91 Å². The maximum Gasteiger partial charge on any atom is 0.323 e. The van der Waals surface area contributed by atoms with Crippen molar-refractivity contribution in [2.45, 2.75) is 23.9 Å². The molecule has 12 nitrogen and oxygen atoms in total. The Morgan fingerprint density at radius 1 is 1.11 bits per heavy atom. The Bertz CT molecular complexity index is 1370. The second-order valence-electron chi connectivity index (χ2n) is 8.06. The number of amides is 1. The Morgan fingerprint density at radius 2 is 1.86 bits per heavy atom. The predicted molar refractivity (Wildman–Crippen MR) is 133 cm³/mol. The molecule has 1 amide bonds. The maximum atomic E-state index is 12.9. The van der Waals surface area contributed by atoms with Crippen molar-refractivity contribution >= 4 is 38.8 Å². The number of benzene rings is 2. The highest BCUT2D eigenvalue weighted by atomic mass is 32.2. The van der Waals surface area contributed by atoms with Crippen molar-refractivity contribution in [3.63, 3.8) is 0 Å². The highest BCUT2D eigenvalue weighted by molar-refractivity contribution is 7.89. The summed E-state index contributed by atoms with van der Waals surface area (Å²) in [6, 6.07) is 13.1. The van der Waals surface area contributed by atoms with Gasteiger partial charge in [0.15, 0.2) is 11.7 Å². The lowest BCUT2D eigenvalue weighted by Crippen LogP contribution is -2.48. The van der Waals surface area contributed by atoms with E-state index in [9.17, 15) is 23.1 Å². The molecule has 0 bridgehead atoms. The molecule has 1 aliphatic heterocycles. The number of guanidine groups is 1. The van der Waals surface area contributed by atoms with Crippen LogP contribution in [0.4, 0.5) is 0 Å². The number of aromatic nitrogens is 2. The first-order valence-electron chi connectivity index (χ1n) is 11.4. The Balaban J connectivity index is 1.42. The number of nitrogens with zero attached hydrogens (tertiary/aromatic N) is 3. The number of para-hydroxylation sites is 1. The Kier molecular flexibility index (Phi) is 7.80. The first-order valence-corrected chi connectivity index (χ1v) is 12.9. The highest BCUT2D eigenvalue weighted by Gasteiger charge is 2.27. The highest BCUT2D eigenvalue weighted by Crippen LogP contribution is 2.19. The van der Waals surface area contributed by atoms with Crippen LogP contribution >= 0.6 is 0 Å². The van der Waals surface area contributed by atoms with Gasteiger partial charge in [0.1, 0.15) is 6.04 Å². The molecule has 5 N–H and O–H groups in total. The Morgan fingerprint density at radius 3 is 2.58 bits per heavy atom. The summed E-state index contributed by atoms with van der Waals surface area (Å²) in [5.74, 6) is -1.24. The molecular weight excluding hydrogens is 486 g/mol. The van der Waals surface area contributed by atoms with Crippen LogP contribution < -0.4 is 20.7 Å². The van der Waals surface area contributed by atoms with Gasteiger partial charge in [0, 0.05) is 31.6 Å². The summed E-state index contributed by atoms with van der Waals surface area (Å²) >= 11 is 0. The van der Waals surface area contributed by atoms with Gasteiger partial charge in [-0.2, -0.15) is 9.82 Å². The molecule has 1 atom stereocenters. The summed E-state index contributed by atoms with van der Waals surface area (Å²) in [7, 11) is -4.09. The number of sulfonamides is 1. The number of rotatable bonds is 11. The van der Waals surface area contributed by atoms with E-state index in [-0.39, 0.29) is 10.6 Å². The molecule has 0 radical (unpaired) electrons. The molecule has 0 fully saturated rings. The summed E-state index contributed by atoms with van der Waals surface area (Å²) in [5, 5.41) is 23.4. The second kappa shape index (κ2) is 11.2. The number of carboxylic acids is 1. The number of aliphatic imine (C=N–C) groups is 1. The molecule has 2 aromatic carbocycles. The van der Waals surface area contributed by atoms with E-state index in [1.54, 1.807) is 22.9 Å².